The number of hydrogen-bond acceptors (Lipinski definition) is 1. The zero-order valence-corrected chi connectivity index (χ0v) is 9.94. The maximum Gasteiger partial charge on any atom is 0.139 e. The minimum atomic E-state index is 0.276. The molecule has 0 N–H and O–H groups in total. The van der Waals surface area contributed by atoms with Gasteiger partial charge in [-0.05, 0) is 19.3 Å². The van der Waals surface area contributed by atoms with E-state index in [0.717, 1.165) is 24.8 Å². The molecule has 0 rings (SSSR count). The average Bonchev–Trinajstić information content (AvgIpc) is 2.18. The SMILES string of the molecule is C=C(CC)CC(=O)C(CC)CCCC. The summed E-state index contributed by atoms with van der Waals surface area (Å²) in [4.78, 5) is 11.8. The molecule has 0 bridgehead atoms. The fourth-order valence-corrected chi connectivity index (χ4v) is 1.56. The summed E-state index contributed by atoms with van der Waals surface area (Å²) in [5.41, 5.74) is 1.07. The Balaban J connectivity index is 3.97. The van der Waals surface area contributed by atoms with Crippen molar-refractivity contribution in [2.75, 3.05) is 0 Å². The Kier molecular flexibility index (Phi) is 7.45. The van der Waals surface area contributed by atoms with Crippen molar-refractivity contribution in [3.8, 4) is 0 Å². The molecule has 0 heterocycles. The van der Waals surface area contributed by atoms with Gasteiger partial charge in [0.2, 0.25) is 0 Å². The molecule has 0 amide bonds. The summed E-state index contributed by atoms with van der Waals surface area (Å²) in [6.45, 7) is 10.2. The highest BCUT2D eigenvalue weighted by atomic mass is 16.1. The Morgan fingerprint density at radius 3 is 2.36 bits per heavy atom. The summed E-state index contributed by atoms with van der Waals surface area (Å²) in [6, 6.07) is 0. The van der Waals surface area contributed by atoms with Crippen molar-refractivity contribution in [1.29, 1.82) is 0 Å². The third kappa shape index (κ3) is 5.21. The van der Waals surface area contributed by atoms with Gasteiger partial charge in [-0.25, -0.2) is 0 Å². The zero-order valence-electron chi connectivity index (χ0n) is 9.94. The van der Waals surface area contributed by atoms with Gasteiger partial charge in [0.25, 0.3) is 0 Å². The van der Waals surface area contributed by atoms with Crippen LogP contribution in [0.3, 0.4) is 0 Å². The minimum Gasteiger partial charge on any atom is -0.299 e. The first-order valence-electron chi connectivity index (χ1n) is 5.84. The first-order chi connectivity index (χ1) is 6.65. The summed E-state index contributed by atoms with van der Waals surface area (Å²) in [7, 11) is 0. The van der Waals surface area contributed by atoms with Crippen LogP contribution in [-0.4, -0.2) is 5.78 Å². The molecule has 1 heteroatoms. The molecule has 0 aromatic heterocycles. The minimum absolute atomic E-state index is 0.276. The number of rotatable bonds is 8. The molecule has 0 aliphatic carbocycles. The molecular weight excluding hydrogens is 172 g/mol. The van der Waals surface area contributed by atoms with Crippen LogP contribution in [0, 0.1) is 5.92 Å². The van der Waals surface area contributed by atoms with Gasteiger partial charge in [0.05, 0.1) is 0 Å². The molecule has 0 aliphatic rings. The highest BCUT2D eigenvalue weighted by Crippen LogP contribution is 2.18. The molecular formula is C13H24O. The summed E-state index contributed by atoms with van der Waals surface area (Å²) >= 11 is 0. The average molecular weight is 196 g/mol. The molecule has 0 saturated carbocycles. The second kappa shape index (κ2) is 7.78. The number of allylic oxidation sites excluding steroid dienone is 1. The van der Waals surface area contributed by atoms with E-state index in [9.17, 15) is 4.79 Å². The van der Waals surface area contributed by atoms with Crippen LogP contribution < -0.4 is 0 Å². The first-order valence-corrected chi connectivity index (χ1v) is 5.84. The van der Waals surface area contributed by atoms with Crippen LogP contribution in [0.5, 0.6) is 0 Å². The molecule has 0 fully saturated rings. The van der Waals surface area contributed by atoms with Gasteiger partial charge in [-0.15, -0.1) is 0 Å². The van der Waals surface area contributed by atoms with E-state index < -0.39 is 0 Å². The van der Waals surface area contributed by atoms with Gasteiger partial charge in [-0.3, -0.25) is 4.79 Å². The van der Waals surface area contributed by atoms with Gasteiger partial charge >= 0.3 is 0 Å². The van der Waals surface area contributed by atoms with Gasteiger partial charge < -0.3 is 0 Å². The number of carbonyl (C=O) groups excluding carboxylic acids is 1. The van der Waals surface area contributed by atoms with E-state index in [-0.39, 0.29) is 5.92 Å². The smallest absolute Gasteiger partial charge is 0.139 e. The topological polar surface area (TPSA) is 17.1 Å². The van der Waals surface area contributed by atoms with Crippen LogP contribution in [0.2, 0.25) is 0 Å². The van der Waals surface area contributed by atoms with E-state index in [1.807, 2.05) is 0 Å². The fraction of sp³-hybridized carbons (Fsp3) is 0.769. The molecule has 14 heavy (non-hydrogen) atoms. The van der Waals surface area contributed by atoms with Crippen LogP contribution in [0.4, 0.5) is 0 Å². The molecule has 1 atom stereocenters. The highest BCUT2D eigenvalue weighted by Gasteiger charge is 2.15. The van der Waals surface area contributed by atoms with E-state index in [0.29, 0.717) is 12.2 Å². The quantitative estimate of drug-likeness (QED) is 0.533. The summed E-state index contributed by atoms with van der Waals surface area (Å²) in [5.74, 6) is 0.672. The van der Waals surface area contributed by atoms with Crippen LogP contribution in [0.1, 0.15) is 59.3 Å². The maximum absolute atomic E-state index is 11.8. The Morgan fingerprint density at radius 1 is 1.29 bits per heavy atom. The second-order valence-electron chi connectivity index (χ2n) is 3.99. The fourth-order valence-electron chi connectivity index (χ4n) is 1.56. The van der Waals surface area contributed by atoms with Gasteiger partial charge in [0, 0.05) is 12.3 Å². The lowest BCUT2D eigenvalue weighted by molar-refractivity contribution is -0.122. The number of Topliss-reactive ketones (excluding diaryl/α,β-unsaturated/α-hetero) is 1. The summed E-state index contributed by atoms with van der Waals surface area (Å²) in [6.07, 6.45) is 5.91. The van der Waals surface area contributed by atoms with E-state index in [2.05, 4.69) is 27.4 Å². The Labute approximate surface area is 88.6 Å². The number of ketones is 1. The van der Waals surface area contributed by atoms with Crippen LogP contribution in [0.25, 0.3) is 0 Å². The van der Waals surface area contributed by atoms with E-state index in [1.165, 1.54) is 12.8 Å². The van der Waals surface area contributed by atoms with E-state index in [1.54, 1.807) is 0 Å². The number of hydrogen-bond donors (Lipinski definition) is 0. The van der Waals surface area contributed by atoms with Gasteiger partial charge in [-0.1, -0.05) is 45.8 Å². The second-order valence-corrected chi connectivity index (χ2v) is 3.99. The summed E-state index contributed by atoms with van der Waals surface area (Å²) < 4.78 is 0. The molecule has 0 aromatic rings. The maximum atomic E-state index is 11.8. The molecule has 0 aromatic carbocycles. The molecule has 82 valence electrons. The number of carbonyl (C=O) groups is 1. The van der Waals surface area contributed by atoms with Crippen LogP contribution in [0.15, 0.2) is 12.2 Å². The highest BCUT2D eigenvalue weighted by molar-refractivity contribution is 5.83. The van der Waals surface area contributed by atoms with Crippen molar-refractivity contribution in [3.05, 3.63) is 12.2 Å². The van der Waals surface area contributed by atoms with E-state index >= 15 is 0 Å². The standard InChI is InChI=1S/C13H24O/c1-5-8-9-12(7-3)13(14)10-11(4)6-2/h12H,4-10H2,1-3H3. The third-order valence-corrected chi connectivity index (χ3v) is 2.78. The van der Waals surface area contributed by atoms with Crippen molar-refractivity contribution in [3.63, 3.8) is 0 Å². The van der Waals surface area contributed by atoms with Gasteiger partial charge in [-0.2, -0.15) is 0 Å². The van der Waals surface area contributed by atoms with Crippen molar-refractivity contribution >= 4 is 5.78 Å². The molecule has 1 unspecified atom stereocenters. The third-order valence-electron chi connectivity index (χ3n) is 2.78. The normalized spacial score (nSPS) is 12.5. The lowest BCUT2D eigenvalue weighted by atomic mass is 9.91. The lowest BCUT2D eigenvalue weighted by Crippen LogP contribution is -2.14. The van der Waals surface area contributed by atoms with Crippen LogP contribution in [-0.2, 0) is 4.79 Å². The Hall–Kier alpha value is -0.590. The zero-order chi connectivity index (χ0) is 11.0. The lowest BCUT2D eigenvalue weighted by Gasteiger charge is -2.13. The molecule has 1 nitrogen and oxygen atoms in total. The predicted octanol–water partition coefficient (Wildman–Crippen LogP) is 4.13. The Morgan fingerprint density at radius 2 is 1.93 bits per heavy atom. The Bertz CT molecular complexity index is 182. The number of unbranched alkanes of at least 4 members (excludes halogenated alkanes) is 1. The van der Waals surface area contributed by atoms with Crippen molar-refractivity contribution in [2.45, 2.75) is 59.3 Å². The van der Waals surface area contributed by atoms with Crippen molar-refractivity contribution < 1.29 is 4.79 Å². The molecule has 0 aliphatic heterocycles. The predicted molar refractivity (Wildman–Crippen MR) is 62.4 cm³/mol. The van der Waals surface area contributed by atoms with Gasteiger partial charge in [0.15, 0.2) is 0 Å². The van der Waals surface area contributed by atoms with E-state index in [4.69, 9.17) is 0 Å². The molecule has 0 spiro atoms. The molecule has 0 radical (unpaired) electrons. The molecule has 0 saturated heterocycles. The summed E-state index contributed by atoms with van der Waals surface area (Å²) in [5, 5.41) is 0. The van der Waals surface area contributed by atoms with Crippen molar-refractivity contribution in [1.82, 2.24) is 0 Å². The van der Waals surface area contributed by atoms with Crippen molar-refractivity contribution in [2.24, 2.45) is 5.92 Å². The monoisotopic (exact) mass is 196 g/mol. The first kappa shape index (κ1) is 13.4. The largest absolute Gasteiger partial charge is 0.299 e. The van der Waals surface area contributed by atoms with Crippen LogP contribution >= 0.6 is 0 Å². The van der Waals surface area contributed by atoms with Gasteiger partial charge in [0.1, 0.15) is 5.78 Å².